The number of benzene rings is 2. The van der Waals surface area contributed by atoms with Gasteiger partial charge >= 0.3 is 0 Å². The Kier molecular flexibility index (Phi) is 10.3. The number of Topliss-reactive ketones (excluding diaryl/α,β-unsaturated/α-hetero) is 1. The monoisotopic (exact) mass is 555 g/mol. The van der Waals surface area contributed by atoms with Crippen molar-refractivity contribution in [2.75, 3.05) is 52.5 Å². The van der Waals surface area contributed by atoms with Gasteiger partial charge in [-0.1, -0.05) is 30.2 Å². The number of carbonyl (C=O) groups is 1. The van der Waals surface area contributed by atoms with E-state index in [4.69, 9.17) is 35.5 Å². The number of hydrogen-bond acceptors (Lipinski definition) is 9. The number of ether oxygens (including phenoxy) is 4. The third-order valence-corrected chi connectivity index (χ3v) is 6.52. The van der Waals surface area contributed by atoms with Crippen molar-refractivity contribution < 1.29 is 23.7 Å². The molecule has 1 N–H and O–H groups in total. The van der Waals surface area contributed by atoms with E-state index >= 15 is 0 Å². The Hall–Kier alpha value is -3.47. The molecule has 208 valence electrons. The summed E-state index contributed by atoms with van der Waals surface area (Å²) in [6.07, 6.45) is 3.00. The Bertz CT molecular complexity index is 1410. The number of ketones is 1. The first-order chi connectivity index (χ1) is 19.0. The minimum absolute atomic E-state index is 0.0690. The van der Waals surface area contributed by atoms with Gasteiger partial charge in [0.1, 0.15) is 19.0 Å². The maximum Gasteiger partial charge on any atom is 0.204 e. The average molecular weight is 556 g/mol. The molecule has 0 aliphatic carbocycles. The molecule has 2 aromatic carbocycles. The molecule has 10 nitrogen and oxygen atoms in total. The number of fused-ring (bicyclic) bond motifs is 3. The van der Waals surface area contributed by atoms with E-state index < -0.39 is 0 Å². The summed E-state index contributed by atoms with van der Waals surface area (Å²) in [5.41, 5.74) is 2.73. The summed E-state index contributed by atoms with van der Waals surface area (Å²) in [6.45, 7) is 4.23. The van der Waals surface area contributed by atoms with Crippen LogP contribution in [0.3, 0.4) is 0 Å². The van der Waals surface area contributed by atoms with Gasteiger partial charge in [0.15, 0.2) is 23.1 Å². The van der Waals surface area contributed by atoms with Gasteiger partial charge in [-0.2, -0.15) is 0 Å². The van der Waals surface area contributed by atoms with Gasteiger partial charge in [0.05, 0.1) is 29.3 Å². The number of aryl methyl sites for hydroxylation is 1. The highest BCUT2D eigenvalue weighted by Gasteiger charge is 2.17. The number of nitrogens with zero attached hydrogens (tertiary/aromatic N) is 4. The highest BCUT2D eigenvalue weighted by Crippen LogP contribution is 2.34. The number of methoxy groups -OCH3 is 2. The maximum atomic E-state index is 12.4. The quantitative estimate of drug-likeness (QED) is 0.148. The molecule has 0 spiro atoms. The predicted molar refractivity (Wildman–Crippen MR) is 151 cm³/mol. The third kappa shape index (κ3) is 7.14. The van der Waals surface area contributed by atoms with Gasteiger partial charge in [-0.15, -0.1) is 10.2 Å². The van der Waals surface area contributed by atoms with Crippen LogP contribution in [0, 0.1) is 6.92 Å². The Morgan fingerprint density at radius 2 is 1.67 bits per heavy atom. The van der Waals surface area contributed by atoms with Crippen molar-refractivity contribution in [2.45, 2.75) is 32.6 Å². The highest BCUT2D eigenvalue weighted by molar-refractivity contribution is 6.33. The van der Waals surface area contributed by atoms with E-state index in [2.05, 4.69) is 15.5 Å². The number of anilines is 1. The van der Waals surface area contributed by atoms with E-state index in [0.29, 0.717) is 78.5 Å². The van der Waals surface area contributed by atoms with Crippen molar-refractivity contribution in [1.29, 1.82) is 0 Å². The fourth-order valence-corrected chi connectivity index (χ4v) is 4.45. The van der Waals surface area contributed by atoms with Crippen LogP contribution in [0.1, 0.15) is 41.9 Å². The van der Waals surface area contributed by atoms with Gasteiger partial charge in [0.25, 0.3) is 0 Å². The van der Waals surface area contributed by atoms with E-state index in [1.165, 1.54) is 0 Å². The highest BCUT2D eigenvalue weighted by atomic mass is 35.5. The van der Waals surface area contributed by atoms with Crippen molar-refractivity contribution in [1.82, 2.24) is 19.6 Å². The molecule has 0 fully saturated rings. The standard InChI is InChI=1S/C28H34ClN5O5/c1-19-32-33-28-27(30-12-8-4-5-11-24(35)20-9-6-7-10-21(20)29)31-22-17-25(38-15-13-36-2)26(39-16-14-37-3)18-23(22)34(19)28/h6-7,9-10,17-18H,4-5,8,11-16H2,1-3H3,(H,30,31). The van der Waals surface area contributed by atoms with Crippen molar-refractivity contribution in [2.24, 2.45) is 0 Å². The molecule has 0 aliphatic heterocycles. The molecule has 4 rings (SSSR count). The second-order valence-electron chi connectivity index (χ2n) is 8.98. The van der Waals surface area contributed by atoms with E-state index in [1.807, 2.05) is 35.6 Å². The van der Waals surface area contributed by atoms with Crippen molar-refractivity contribution in [3.8, 4) is 11.5 Å². The molecule has 0 saturated carbocycles. The summed E-state index contributed by atoms with van der Waals surface area (Å²) in [5.74, 6) is 2.58. The lowest BCUT2D eigenvalue weighted by Gasteiger charge is -2.15. The number of hydrogen-bond donors (Lipinski definition) is 1. The zero-order valence-electron chi connectivity index (χ0n) is 22.5. The fourth-order valence-electron chi connectivity index (χ4n) is 4.21. The maximum absolute atomic E-state index is 12.4. The molecule has 2 aromatic heterocycles. The summed E-state index contributed by atoms with van der Waals surface area (Å²) >= 11 is 6.14. The first kappa shape index (κ1) is 28.5. The van der Waals surface area contributed by atoms with E-state index in [1.54, 1.807) is 26.4 Å². The summed E-state index contributed by atoms with van der Waals surface area (Å²) in [4.78, 5) is 17.3. The van der Waals surface area contributed by atoms with Crippen LogP contribution in [0.4, 0.5) is 5.82 Å². The Morgan fingerprint density at radius 1 is 0.949 bits per heavy atom. The van der Waals surface area contributed by atoms with Gasteiger partial charge < -0.3 is 24.3 Å². The van der Waals surface area contributed by atoms with Gasteiger partial charge in [0.2, 0.25) is 5.65 Å². The minimum atomic E-state index is 0.0690. The Morgan fingerprint density at radius 3 is 2.38 bits per heavy atom. The molecule has 2 heterocycles. The van der Waals surface area contributed by atoms with Crippen molar-refractivity contribution in [3.05, 3.63) is 52.8 Å². The van der Waals surface area contributed by atoms with Crippen molar-refractivity contribution >= 4 is 39.9 Å². The van der Waals surface area contributed by atoms with E-state index in [-0.39, 0.29) is 5.78 Å². The first-order valence-electron chi connectivity index (χ1n) is 13.0. The molecular weight excluding hydrogens is 522 g/mol. The summed E-state index contributed by atoms with van der Waals surface area (Å²) < 4.78 is 24.1. The topological polar surface area (TPSA) is 109 Å². The van der Waals surface area contributed by atoms with E-state index in [0.717, 1.165) is 30.6 Å². The minimum Gasteiger partial charge on any atom is -0.487 e. The Balaban J connectivity index is 1.46. The number of halogens is 1. The first-order valence-corrected chi connectivity index (χ1v) is 13.4. The van der Waals surface area contributed by atoms with Crippen LogP contribution >= 0.6 is 11.6 Å². The molecule has 0 amide bonds. The molecule has 0 aliphatic rings. The lowest BCUT2D eigenvalue weighted by Crippen LogP contribution is -2.10. The van der Waals surface area contributed by atoms with Crippen LogP contribution in [0.5, 0.6) is 11.5 Å². The number of rotatable bonds is 16. The van der Waals surface area contributed by atoms with Crippen LogP contribution in [-0.4, -0.2) is 72.6 Å². The average Bonchev–Trinajstić information content (AvgIpc) is 3.33. The normalized spacial score (nSPS) is 11.3. The molecule has 0 atom stereocenters. The van der Waals surface area contributed by atoms with Crippen molar-refractivity contribution in [3.63, 3.8) is 0 Å². The van der Waals surface area contributed by atoms with Gasteiger partial charge in [-0.25, -0.2) is 4.98 Å². The van der Waals surface area contributed by atoms with Gasteiger partial charge in [-0.3, -0.25) is 9.20 Å². The van der Waals surface area contributed by atoms with Crippen LogP contribution in [0.2, 0.25) is 5.02 Å². The van der Waals surface area contributed by atoms with Crippen LogP contribution in [0.15, 0.2) is 36.4 Å². The lowest BCUT2D eigenvalue weighted by molar-refractivity contribution is 0.0979. The zero-order chi connectivity index (χ0) is 27.6. The van der Waals surface area contributed by atoms with E-state index in [9.17, 15) is 4.79 Å². The number of aromatic nitrogens is 4. The smallest absolute Gasteiger partial charge is 0.204 e. The SMILES string of the molecule is COCCOc1cc2nc(NCCCCCC(=O)c3ccccc3Cl)c3nnc(C)n3c2cc1OCCOC. The molecule has 0 radical (unpaired) electrons. The largest absolute Gasteiger partial charge is 0.487 e. The summed E-state index contributed by atoms with van der Waals surface area (Å²) in [6, 6.07) is 10.9. The second kappa shape index (κ2) is 14.1. The summed E-state index contributed by atoms with van der Waals surface area (Å²) in [7, 11) is 3.25. The van der Waals surface area contributed by atoms with Gasteiger partial charge in [0, 0.05) is 44.9 Å². The zero-order valence-corrected chi connectivity index (χ0v) is 23.3. The molecule has 4 aromatic rings. The number of carbonyl (C=O) groups excluding carboxylic acids is 1. The Labute approximate surface area is 232 Å². The molecule has 0 saturated heterocycles. The number of nitrogens with one attached hydrogen (secondary N) is 1. The second-order valence-corrected chi connectivity index (χ2v) is 9.38. The molecule has 0 unspecified atom stereocenters. The van der Waals surface area contributed by atoms with Crippen LogP contribution < -0.4 is 14.8 Å². The van der Waals surface area contributed by atoms with Crippen LogP contribution in [-0.2, 0) is 9.47 Å². The lowest BCUT2D eigenvalue weighted by atomic mass is 10.0. The summed E-state index contributed by atoms with van der Waals surface area (Å²) in [5, 5.41) is 12.5. The fraction of sp³-hybridized carbons (Fsp3) is 0.429. The van der Waals surface area contributed by atoms with Crippen LogP contribution in [0.25, 0.3) is 16.7 Å². The molecule has 39 heavy (non-hydrogen) atoms. The third-order valence-electron chi connectivity index (χ3n) is 6.19. The molecule has 11 heteroatoms. The predicted octanol–water partition coefficient (Wildman–Crippen LogP) is 5.14. The molecular formula is C28H34ClN5O5. The number of unbranched alkanes of at least 4 members (excludes halogenated alkanes) is 2. The molecule has 0 bridgehead atoms. The van der Waals surface area contributed by atoms with Gasteiger partial charge in [-0.05, 0) is 31.9 Å².